The SMILES string of the molecule is CCc1cc(CC(NN)c2cccnc2C)n(C)n1. The van der Waals surface area contributed by atoms with Crippen molar-refractivity contribution in [3.63, 3.8) is 0 Å². The first-order valence-corrected chi connectivity index (χ1v) is 6.55. The molecule has 5 nitrogen and oxygen atoms in total. The molecule has 2 aromatic heterocycles. The molecule has 2 rings (SSSR count). The largest absolute Gasteiger partial charge is 0.272 e. The Hall–Kier alpha value is -1.72. The van der Waals surface area contributed by atoms with Gasteiger partial charge in [-0.1, -0.05) is 13.0 Å². The maximum Gasteiger partial charge on any atom is 0.0624 e. The molecule has 0 aliphatic rings. The highest BCUT2D eigenvalue weighted by Crippen LogP contribution is 2.20. The summed E-state index contributed by atoms with van der Waals surface area (Å²) in [5, 5.41) is 4.47. The molecule has 1 atom stereocenters. The van der Waals surface area contributed by atoms with Crippen LogP contribution in [0.25, 0.3) is 0 Å². The van der Waals surface area contributed by atoms with Crippen LogP contribution in [0.15, 0.2) is 24.4 Å². The van der Waals surface area contributed by atoms with Gasteiger partial charge >= 0.3 is 0 Å². The number of hydrogen-bond donors (Lipinski definition) is 2. The van der Waals surface area contributed by atoms with E-state index in [0.29, 0.717) is 0 Å². The number of aryl methyl sites for hydroxylation is 3. The number of rotatable bonds is 5. The van der Waals surface area contributed by atoms with Crippen LogP contribution in [0.5, 0.6) is 0 Å². The van der Waals surface area contributed by atoms with Crippen molar-refractivity contribution in [2.45, 2.75) is 32.7 Å². The fraction of sp³-hybridized carbons (Fsp3) is 0.429. The van der Waals surface area contributed by atoms with Crippen molar-refractivity contribution in [2.75, 3.05) is 0 Å². The van der Waals surface area contributed by atoms with E-state index < -0.39 is 0 Å². The lowest BCUT2D eigenvalue weighted by atomic mass is 10.0. The van der Waals surface area contributed by atoms with Crippen LogP contribution in [0.2, 0.25) is 0 Å². The quantitative estimate of drug-likeness (QED) is 0.629. The lowest BCUT2D eigenvalue weighted by molar-refractivity contribution is 0.526. The average Bonchev–Trinajstić information content (AvgIpc) is 2.77. The van der Waals surface area contributed by atoms with Crippen molar-refractivity contribution in [1.82, 2.24) is 20.2 Å². The molecule has 0 saturated heterocycles. The molecule has 0 aromatic carbocycles. The van der Waals surface area contributed by atoms with Crippen LogP contribution in [0.1, 0.15) is 35.6 Å². The van der Waals surface area contributed by atoms with Gasteiger partial charge in [0.1, 0.15) is 0 Å². The summed E-state index contributed by atoms with van der Waals surface area (Å²) in [6.07, 6.45) is 3.54. The second kappa shape index (κ2) is 5.95. The lowest BCUT2D eigenvalue weighted by Crippen LogP contribution is -2.30. The topological polar surface area (TPSA) is 68.8 Å². The molecule has 2 heterocycles. The van der Waals surface area contributed by atoms with Gasteiger partial charge in [0.25, 0.3) is 0 Å². The highest BCUT2D eigenvalue weighted by Gasteiger charge is 2.16. The summed E-state index contributed by atoms with van der Waals surface area (Å²) in [6.45, 7) is 4.11. The van der Waals surface area contributed by atoms with Crippen molar-refractivity contribution in [3.05, 3.63) is 47.0 Å². The van der Waals surface area contributed by atoms with Crippen molar-refractivity contribution in [2.24, 2.45) is 12.9 Å². The molecule has 2 aromatic rings. The third-order valence-corrected chi connectivity index (χ3v) is 3.43. The maximum absolute atomic E-state index is 5.70. The highest BCUT2D eigenvalue weighted by atomic mass is 15.3. The number of hydrogen-bond acceptors (Lipinski definition) is 4. The smallest absolute Gasteiger partial charge is 0.0624 e. The number of hydrazine groups is 1. The number of nitrogens with two attached hydrogens (primary N) is 1. The van der Waals surface area contributed by atoms with Crippen LogP contribution in [0, 0.1) is 6.92 Å². The van der Waals surface area contributed by atoms with Gasteiger partial charge in [0.2, 0.25) is 0 Å². The van der Waals surface area contributed by atoms with Crippen molar-refractivity contribution in [3.8, 4) is 0 Å². The Kier molecular flexibility index (Phi) is 4.29. The van der Waals surface area contributed by atoms with E-state index in [0.717, 1.165) is 29.8 Å². The van der Waals surface area contributed by atoms with Crippen LogP contribution in [0.4, 0.5) is 0 Å². The van der Waals surface area contributed by atoms with E-state index in [1.54, 1.807) is 6.20 Å². The molecule has 5 heteroatoms. The van der Waals surface area contributed by atoms with Gasteiger partial charge < -0.3 is 0 Å². The first kappa shape index (κ1) is 13.7. The monoisotopic (exact) mass is 259 g/mol. The molecule has 3 N–H and O–H groups in total. The van der Waals surface area contributed by atoms with E-state index in [-0.39, 0.29) is 6.04 Å². The second-order valence-electron chi connectivity index (χ2n) is 4.71. The molecule has 102 valence electrons. The fourth-order valence-electron chi connectivity index (χ4n) is 2.27. The molecule has 0 aliphatic carbocycles. The summed E-state index contributed by atoms with van der Waals surface area (Å²) in [5.41, 5.74) is 7.29. The molecular formula is C14H21N5. The molecule has 0 saturated carbocycles. The Morgan fingerprint density at radius 1 is 1.47 bits per heavy atom. The first-order valence-electron chi connectivity index (χ1n) is 6.55. The number of nitrogens with zero attached hydrogens (tertiary/aromatic N) is 3. The number of pyridine rings is 1. The van der Waals surface area contributed by atoms with Crippen LogP contribution >= 0.6 is 0 Å². The molecule has 0 bridgehead atoms. The Labute approximate surface area is 113 Å². The average molecular weight is 259 g/mol. The summed E-state index contributed by atoms with van der Waals surface area (Å²) in [5.74, 6) is 5.70. The lowest BCUT2D eigenvalue weighted by Gasteiger charge is -2.17. The molecule has 1 unspecified atom stereocenters. The fourth-order valence-corrected chi connectivity index (χ4v) is 2.27. The van der Waals surface area contributed by atoms with Crippen LogP contribution in [-0.4, -0.2) is 14.8 Å². The van der Waals surface area contributed by atoms with Gasteiger partial charge in [0.15, 0.2) is 0 Å². The zero-order valence-electron chi connectivity index (χ0n) is 11.7. The van der Waals surface area contributed by atoms with Crippen molar-refractivity contribution in [1.29, 1.82) is 0 Å². The third-order valence-electron chi connectivity index (χ3n) is 3.43. The summed E-state index contributed by atoms with van der Waals surface area (Å²) < 4.78 is 1.93. The van der Waals surface area contributed by atoms with Gasteiger partial charge in [0.05, 0.1) is 11.7 Å². The first-order chi connectivity index (χ1) is 9.15. The van der Waals surface area contributed by atoms with Gasteiger partial charge in [-0.15, -0.1) is 0 Å². The zero-order valence-corrected chi connectivity index (χ0v) is 11.7. The van der Waals surface area contributed by atoms with Gasteiger partial charge in [-0.25, -0.2) is 0 Å². The molecule has 19 heavy (non-hydrogen) atoms. The van der Waals surface area contributed by atoms with Crippen LogP contribution in [0.3, 0.4) is 0 Å². The number of aromatic nitrogens is 3. The van der Waals surface area contributed by atoms with Crippen molar-refractivity contribution >= 4 is 0 Å². The van der Waals surface area contributed by atoms with Crippen molar-refractivity contribution < 1.29 is 0 Å². The minimum Gasteiger partial charge on any atom is -0.272 e. The van der Waals surface area contributed by atoms with Gasteiger partial charge in [-0.3, -0.25) is 20.9 Å². The van der Waals surface area contributed by atoms with E-state index in [1.807, 2.05) is 24.7 Å². The Bertz CT molecular complexity index is 547. The van der Waals surface area contributed by atoms with E-state index >= 15 is 0 Å². The molecule has 0 aliphatic heterocycles. The molecule has 0 fully saturated rings. The van der Waals surface area contributed by atoms with Gasteiger partial charge in [0, 0.05) is 31.1 Å². The number of nitrogens with one attached hydrogen (secondary N) is 1. The van der Waals surface area contributed by atoms with Crippen LogP contribution in [-0.2, 0) is 19.9 Å². The van der Waals surface area contributed by atoms with Crippen LogP contribution < -0.4 is 11.3 Å². The standard InChI is InChI=1S/C14H21N5/c1-4-11-8-12(19(3)18-11)9-14(17-15)13-6-5-7-16-10(13)2/h5-8,14,17H,4,9,15H2,1-3H3. The molecule has 0 spiro atoms. The minimum absolute atomic E-state index is 0.0498. The molecule has 0 radical (unpaired) electrons. The predicted molar refractivity (Wildman–Crippen MR) is 75.3 cm³/mol. The highest BCUT2D eigenvalue weighted by molar-refractivity contribution is 5.24. The summed E-state index contributed by atoms with van der Waals surface area (Å²) >= 11 is 0. The predicted octanol–water partition coefficient (Wildman–Crippen LogP) is 1.43. The Balaban J connectivity index is 2.24. The van der Waals surface area contributed by atoms with E-state index in [1.165, 1.54) is 5.69 Å². The van der Waals surface area contributed by atoms with E-state index in [2.05, 4.69) is 34.6 Å². The van der Waals surface area contributed by atoms with Gasteiger partial charge in [-0.2, -0.15) is 5.10 Å². The summed E-state index contributed by atoms with van der Waals surface area (Å²) in [4.78, 5) is 4.32. The molecule has 0 amide bonds. The Morgan fingerprint density at radius 2 is 2.26 bits per heavy atom. The maximum atomic E-state index is 5.70. The normalized spacial score (nSPS) is 12.6. The second-order valence-corrected chi connectivity index (χ2v) is 4.71. The van der Waals surface area contributed by atoms with Gasteiger partial charge in [-0.05, 0) is 31.0 Å². The third kappa shape index (κ3) is 3.00. The zero-order chi connectivity index (χ0) is 13.8. The molecular weight excluding hydrogens is 238 g/mol. The summed E-state index contributed by atoms with van der Waals surface area (Å²) in [6, 6.07) is 6.18. The minimum atomic E-state index is 0.0498. The van der Waals surface area contributed by atoms with E-state index in [9.17, 15) is 0 Å². The van der Waals surface area contributed by atoms with E-state index in [4.69, 9.17) is 5.84 Å². The Morgan fingerprint density at radius 3 is 2.84 bits per heavy atom. The summed E-state index contributed by atoms with van der Waals surface area (Å²) in [7, 11) is 1.97.